The van der Waals surface area contributed by atoms with Crippen molar-refractivity contribution >= 4 is 27.5 Å². The number of sulfonamides is 1. The predicted molar refractivity (Wildman–Crippen MR) is 127 cm³/mol. The molecule has 0 unspecified atom stereocenters. The number of carbonyl (C=O) groups is 2. The zero-order valence-corrected chi connectivity index (χ0v) is 20.3. The molecular formula is C25H30FN3O4S. The Morgan fingerprint density at radius 3 is 2.35 bits per heavy atom. The van der Waals surface area contributed by atoms with E-state index in [9.17, 15) is 22.4 Å². The molecule has 0 aromatic heterocycles. The van der Waals surface area contributed by atoms with E-state index >= 15 is 0 Å². The molecule has 2 aromatic carbocycles. The predicted octanol–water partition coefficient (Wildman–Crippen LogP) is 3.23. The van der Waals surface area contributed by atoms with E-state index in [0.717, 1.165) is 29.8 Å². The molecule has 0 N–H and O–H groups in total. The molecule has 7 nitrogen and oxygen atoms in total. The van der Waals surface area contributed by atoms with Crippen LogP contribution in [-0.2, 0) is 19.6 Å². The van der Waals surface area contributed by atoms with Gasteiger partial charge in [-0.2, -0.15) is 4.31 Å². The van der Waals surface area contributed by atoms with Gasteiger partial charge in [-0.15, -0.1) is 0 Å². The summed E-state index contributed by atoms with van der Waals surface area (Å²) in [5, 5.41) is 0. The van der Waals surface area contributed by atoms with Gasteiger partial charge in [-0.05, 0) is 48.2 Å². The van der Waals surface area contributed by atoms with Crippen molar-refractivity contribution in [3.05, 3.63) is 59.9 Å². The van der Waals surface area contributed by atoms with Gasteiger partial charge in [0.05, 0.1) is 10.8 Å². The van der Waals surface area contributed by atoms with E-state index in [1.165, 1.54) is 16.4 Å². The number of hydrogen-bond donors (Lipinski definition) is 0. The molecule has 2 aliphatic rings. The minimum absolute atomic E-state index is 0.0330. The van der Waals surface area contributed by atoms with Crippen LogP contribution in [0.5, 0.6) is 0 Å². The van der Waals surface area contributed by atoms with Crippen LogP contribution >= 0.6 is 0 Å². The van der Waals surface area contributed by atoms with E-state index in [0.29, 0.717) is 12.5 Å². The Labute approximate surface area is 200 Å². The summed E-state index contributed by atoms with van der Waals surface area (Å²) in [6.07, 6.45) is 1.11. The van der Waals surface area contributed by atoms with Crippen LogP contribution in [-0.4, -0.2) is 62.2 Å². The van der Waals surface area contributed by atoms with Gasteiger partial charge >= 0.3 is 0 Å². The summed E-state index contributed by atoms with van der Waals surface area (Å²) in [7, 11) is -3.75. The normalized spacial score (nSPS) is 20.6. The molecule has 2 aromatic rings. The Hall–Kier alpha value is -2.78. The number of amides is 2. The van der Waals surface area contributed by atoms with Crippen molar-refractivity contribution in [1.82, 2.24) is 9.21 Å². The Bertz CT molecular complexity index is 1160. The van der Waals surface area contributed by atoms with Crippen LogP contribution in [0.15, 0.2) is 53.4 Å². The topological polar surface area (TPSA) is 78.0 Å². The highest BCUT2D eigenvalue weighted by Crippen LogP contribution is 2.34. The van der Waals surface area contributed by atoms with E-state index in [1.807, 2.05) is 24.3 Å². The number of rotatable bonds is 6. The highest BCUT2D eigenvalue weighted by atomic mass is 32.2. The fourth-order valence-electron chi connectivity index (χ4n) is 4.64. The minimum Gasteiger partial charge on any atom is -0.340 e. The second-order valence-corrected chi connectivity index (χ2v) is 10.9. The number of piperazine rings is 1. The van der Waals surface area contributed by atoms with Crippen molar-refractivity contribution in [3.8, 4) is 0 Å². The van der Waals surface area contributed by atoms with E-state index in [4.69, 9.17) is 0 Å². The molecule has 2 fully saturated rings. The first-order valence-electron chi connectivity index (χ1n) is 11.7. The van der Waals surface area contributed by atoms with E-state index in [1.54, 1.807) is 9.80 Å². The molecule has 2 aliphatic heterocycles. The standard InChI is InChI=1S/C25H30FN3O4S/c1-3-18(2)22-6-4-5-7-23(22)29-17-19(16-24(29)30)25(31)27-12-14-28(15-13-27)34(32,33)21-10-8-20(26)9-11-21/h4-11,18-19H,3,12-17H2,1-2H3/t18-,19-/m1/s1. The van der Waals surface area contributed by atoms with Crippen molar-refractivity contribution in [2.45, 2.75) is 37.5 Å². The number of nitrogens with zero attached hydrogens (tertiary/aromatic N) is 3. The lowest BCUT2D eigenvalue weighted by molar-refractivity contribution is -0.136. The lowest BCUT2D eigenvalue weighted by atomic mass is 9.96. The molecule has 2 heterocycles. The van der Waals surface area contributed by atoms with Gasteiger partial charge in [-0.1, -0.05) is 32.0 Å². The summed E-state index contributed by atoms with van der Waals surface area (Å²) in [5.74, 6) is -0.823. The van der Waals surface area contributed by atoms with Gasteiger partial charge in [0.2, 0.25) is 21.8 Å². The maximum absolute atomic E-state index is 13.2. The monoisotopic (exact) mass is 487 g/mol. The fourth-order valence-corrected chi connectivity index (χ4v) is 6.06. The van der Waals surface area contributed by atoms with E-state index in [2.05, 4.69) is 13.8 Å². The summed E-state index contributed by atoms with van der Waals surface area (Å²) in [6.45, 7) is 5.40. The lowest BCUT2D eigenvalue weighted by Crippen LogP contribution is -2.52. The summed E-state index contributed by atoms with van der Waals surface area (Å²) < 4.78 is 40.2. The molecule has 182 valence electrons. The van der Waals surface area contributed by atoms with Crippen LogP contribution in [0, 0.1) is 11.7 Å². The van der Waals surface area contributed by atoms with Crippen LogP contribution in [0.4, 0.5) is 10.1 Å². The molecule has 0 saturated carbocycles. The molecule has 0 radical (unpaired) electrons. The summed E-state index contributed by atoms with van der Waals surface area (Å²) >= 11 is 0. The average Bonchev–Trinajstić information content (AvgIpc) is 3.24. The quantitative estimate of drug-likeness (QED) is 0.627. The van der Waals surface area contributed by atoms with Gasteiger partial charge in [-0.3, -0.25) is 9.59 Å². The third kappa shape index (κ3) is 4.72. The van der Waals surface area contributed by atoms with Crippen molar-refractivity contribution in [2.24, 2.45) is 5.92 Å². The van der Waals surface area contributed by atoms with Crippen molar-refractivity contribution in [2.75, 3.05) is 37.6 Å². The Morgan fingerprint density at radius 2 is 1.71 bits per heavy atom. The van der Waals surface area contributed by atoms with Crippen molar-refractivity contribution in [3.63, 3.8) is 0 Å². The van der Waals surface area contributed by atoms with Crippen molar-refractivity contribution < 1.29 is 22.4 Å². The number of para-hydroxylation sites is 1. The molecule has 2 amide bonds. The first-order valence-corrected chi connectivity index (χ1v) is 13.1. The maximum atomic E-state index is 13.2. The van der Waals surface area contributed by atoms with Crippen LogP contribution in [0.25, 0.3) is 0 Å². The van der Waals surface area contributed by atoms with Crippen LogP contribution < -0.4 is 4.90 Å². The Balaban J connectivity index is 1.41. The molecule has 2 atom stereocenters. The summed E-state index contributed by atoms with van der Waals surface area (Å²) in [5.41, 5.74) is 1.97. The molecular weight excluding hydrogens is 457 g/mol. The average molecular weight is 488 g/mol. The van der Waals surface area contributed by atoms with Crippen LogP contribution in [0.3, 0.4) is 0 Å². The molecule has 9 heteroatoms. The molecule has 4 rings (SSSR count). The van der Waals surface area contributed by atoms with Crippen LogP contribution in [0.2, 0.25) is 0 Å². The fraction of sp³-hybridized carbons (Fsp3) is 0.440. The zero-order chi connectivity index (χ0) is 24.5. The minimum atomic E-state index is -3.75. The van der Waals surface area contributed by atoms with Gasteiger partial charge in [0.15, 0.2) is 0 Å². The van der Waals surface area contributed by atoms with E-state index in [-0.39, 0.29) is 49.3 Å². The molecule has 0 spiro atoms. The molecule has 34 heavy (non-hydrogen) atoms. The second-order valence-electron chi connectivity index (χ2n) is 8.96. The maximum Gasteiger partial charge on any atom is 0.243 e. The zero-order valence-electron chi connectivity index (χ0n) is 19.5. The first kappa shape index (κ1) is 24.3. The largest absolute Gasteiger partial charge is 0.340 e. The van der Waals surface area contributed by atoms with Gasteiger partial charge in [0.1, 0.15) is 5.82 Å². The molecule has 0 bridgehead atoms. The van der Waals surface area contributed by atoms with Gasteiger partial charge < -0.3 is 9.80 Å². The highest BCUT2D eigenvalue weighted by molar-refractivity contribution is 7.89. The Kier molecular flexibility index (Phi) is 7.04. The molecule has 0 aliphatic carbocycles. The number of hydrogen-bond acceptors (Lipinski definition) is 4. The lowest BCUT2D eigenvalue weighted by Gasteiger charge is -2.35. The smallest absolute Gasteiger partial charge is 0.243 e. The second kappa shape index (κ2) is 9.84. The van der Waals surface area contributed by atoms with Crippen molar-refractivity contribution in [1.29, 1.82) is 0 Å². The highest BCUT2D eigenvalue weighted by Gasteiger charge is 2.39. The third-order valence-corrected chi connectivity index (χ3v) is 8.76. The number of carbonyl (C=O) groups excluding carboxylic acids is 2. The SMILES string of the molecule is CC[C@@H](C)c1ccccc1N1C[C@H](C(=O)N2CCN(S(=O)(=O)c3ccc(F)cc3)CC2)CC1=O. The number of anilines is 1. The van der Waals surface area contributed by atoms with Gasteiger partial charge in [-0.25, -0.2) is 12.8 Å². The van der Waals surface area contributed by atoms with Gasteiger partial charge in [0, 0.05) is 44.8 Å². The Morgan fingerprint density at radius 1 is 1.06 bits per heavy atom. The summed E-state index contributed by atoms with van der Waals surface area (Å²) in [4.78, 5) is 29.4. The number of halogens is 1. The third-order valence-electron chi connectivity index (χ3n) is 6.85. The van der Waals surface area contributed by atoms with Crippen LogP contribution in [0.1, 0.15) is 38.2 Å². The van der Waals surface area contributed by atoms with Gasteiger partial charge in [0.25, 0.3) is 0 Å². The van der Waals surface area contributed by atoms with E-state index < -0.39 is 21.8 Å². The first-order chi connectivity index (χ1) is 16.2. The number of benzene rings is 2. The molecule has 2 saturated heterocycles. The summed E-state index contributed by atoms with van der Waals surface area (Å²) in [6, 6.07) is 12.6.